The van der Waals surface area contributed by atoms with Crippen molar-refractivity contribution in [2.24, 2.45) is 0 Å². The Labute approximate surface area is 145 Å². The number of hydrogen-bond donors (Lipinski definition) is 2. The molecule has 0 spiro atoms. The summed E-state index contributed by atoms with van der Waals surface area (Å²) in [6, 6.07) is 15.4. The molecule has 0 radical (unpaired) electrons. The van der Waals surface area contributed by atoms with Crippen LogP contribution in [0.1, 0.15) is 22.7 Å². The summed E-state index contributed by atoms with van der Waals surface area (Å²) in [5, 5.41) is 20.0. The Bertz CT molecular complexity index is 825. The van der Waals surface area contributed by atoms with E-state index >= 15 is 0 Å². The molecule has 2 N–H and O–H groups in total. The number of ketones is 1. The van der Waals surface area contributed by atoms with Crippen LogP contribution in [0, 0.1) is 6.92 Å². The fraction of sp³-hybridized carbons (Fsp3) is 0.200. The highest BCUT2D eigenvalue weighted by Gasteiger charge is 2.45. The van der Waals surface area contributed by atoms with Gasteiger partial charge in [-0.15, -0.1) is 0 Å². The van der Waals surface area contributed by atoms with E-state index in [0.717, 1.165) is 11.1 Å². The van der Waals surface area contributed by atoms with Gasteiger partial charge in [0.25, 0.3) is 11.7 Å². The van der Waals surface area contributed by atoms with Gasteiger partial charge in [0.1, 0.15) is 5.76 Å². The number of aliphatic hydroxyl groups is 2. The lowest BCUT2D eigenvalue weighted by atomic mass is 9.95. The molecule has 0 aromatic heterocycles. The largest absolute Gasteiger partial charge is 0.507 e. The molecule has 25 heavy (non-hydrogen) atoms. The molecule has 1 heterocycles. The summed E-state index contributed by atoms with van der Waals surface area (Å²) in [6.45, 7) is 1.70. The van der Waals surface area contributed by atoms with Crippen molar-refractivity contribution in [1.82, 2.24) is 4.90 Å². The number of benzene rings is 2. The van der Waals surface area contributed by atoms with Gasteiger partial charge in [0.05, 0.1) is 18.2 Å². The van der Waals surface area contributed by atoms with Gasteiger partial charge in [0.15, 0.2) is 0 Å². The van der Waals surface area contributed by atoms with Crippen LogP contribution in [0.15, 0.2) is 60.2 Å². The predicted molar refractivity (Wildman–Crippen MR) is 93.7 cm³/mol. The standard InChI is InChI=1S/C20H19NO4/c1-13-7-9-14(10-8-13)17-16(18(23)15-5-3-2-4-6-15)19(24)20(25)21(17)11-12-22/h2-10,17,22-23H,11-12H2,1H3/t17-/m0/s1. The summed E-state index contributed by atoms with van der Waals surface area (Å²) in [7, 11) is 0. The van der Waals surface area contributed by atoms with E-state index in [9.17, 15) is 19.8 Å². The van der Waals surface area contributed by atoms with E-state index in [4.69, 9.17) is 0 Å². The smallest absolute Gasteiger partial charge is 0.295 e. The topological polar surface area (TPSA) is 77.8 Å². The number of Topliss-reactive ketones (excluding diaryl/α,β-unsaturated/α-hetero) is 1. The third kappa shape index (κ3) is 3.06. The van der Waals surface area contributed by atoms with Gasteiger partial charge in [-0.25, -0.2) is 0 Å². The summed E-state index contributed by atoms with van der Waals surface area (Å²) in [4.78, 5) is 26.3. The zero-order valence-corrected chi connectivity index (χ0v) is 13.8. The maximum absolute atomic E-state index is 12.6. The van der Waals surface area contributed by atoms with Crippen LogP contribution in [0.25, 0.3) is 5.76 Å². The molecule has 1 atom stereocenters. The molecule has 5 nitrogen and oxygen atoms in total. The van der Waals surface area contributed by atoms with Gasteiger partial charge < -0.3 is 15.1 Å². The molecular formula is C20H19NO4. The Balaban J connectivity index is 2.18. The normalized spacial score (nSPS) is 19.4. The molecule has 2 aromatic rings. The number of nitrogens with zero attached hydrogens (tertiary/aromatic N) is 1. The summed E-state index contributed by atoms with van der Waals surface area (Å²) in [5.41, 5.74) is 2.29. The number of β-amino-alcohol motifs (C(OH)–C–C–N with tert-alkyl or cyclic N) is 1. The van der Waals surface area contributed by atoms with Crippen molar-refractivity contribution in [3.05, 3.63) is 76.9 Å². The zero-order chi connectivity index (χ0) is 18.0. The highest BCUT2D eigenvalue weighted by atomic mass is 16.3. The summed E-state index contributed by atoms with van der Waals surface area (Å²) in [6.07, 6.45) is 0. The minimum Gasteiger partial charge on any atom is -0.507 e. The van der Waals surface area contributed by atoms with Crippen molar-refractivity contribution in [2.45, 2.75) is 13.0 Å². The molecule has 0 saturated carbocycles. The SMILES string of the molecule is Cc1ccc([C@H]2C(=C(O)c3ccccc3)C(=O)C(=O)N2CCO)cc1. The first kappa shape index (κ1) is 16.9. The van der Waals surface area contributed by atoms with E-state index in [1.54, 1.807) is 30.3 Å². The molecule has 1 aliphatic rings. The zero-order valence-electron chi connectivity index (χ0n) is 13.8. The lowest BCUT2D eigenvalue weighted by molar-refractivity contribution is -0.140. The van der Waals surface area contributed by atoms with Crippen LogP contribution in [-0.4, -0.2) is 40.0 Å². The summed E-state index contributed by atoms with van der Waals surface area (Å²) >= 11 is 0. The third-order valence-corrected chi connectivity index (χ3v) is 4.32. The van der Waals surface area contributed by atoms with E-state index in [2.05, 4.69) is 0 Å². The number of carbonyl (C=O) groups is 2. The van der Waals surface area contributed by atoms with Crippen LogP contribution in [0.2, 0.25) is 0 Å². The molecule has 3 rings (SSSR count). The molecule has 2 aromatic carbocycles. The lowest BCUT2D eigenvalue weighted by Crippen LogP contribution is -2.32. The van der Waals surface area contributed by atoms with E-state index in [0.29, 0.717) is 5.56 Å². The molecule has 0 bridgehead atoms. The fourth-order valence-electron chi connectivity index (χ4n) is 3.07. The molecule has 0 unspecified atom stereocenters. The summed E-state index contributed by atoms with van der Waals surface area (Å²) in [5.74, 6) is -1.65. The average molecular weight is 337 g/mol. The minimum atomic E-state index is -0.736. The number of aryl methyl sites for hydroxylation is 1. The third-order valence-electron chi connectivity index (χ3n) is 4.32. The van der Waals surface area contributed by atoms with Crippen molar-refractivity contribution >= 4 is 17.4 Å². The van der Waals surface area contributed by atoms with Crippen LogP contribution >= 0.6 is 0 Å². The van der Waals surface area contributed by atoms with Crippen LogP contribution in [0.4, 0.5) is 0 Å². The number of amides is 1. The molecule has 0 aliphatic carbocycles. The number of rotatable bonds is 4. The molecule has 1 amide bonds. The minimum absolute atomic E-state index is 0.0225. The second kappa shape index (κ2) is 6.91. The van der Waals surface area contributed by atoms with Gasteiger partial charge >= 0.3 is 0 Å². The Kier molecular flexibility index (Phi) is 4.67. The van der Waals surface area contributed by atoms with Gasteiger partial charge in [-0.2, -0.15) is 0 Å². The van der Waals surface area contributed by atoms with E-state index in [1.165, 1.54) is 4.90 Å². The van der Waals surface area contributed by atoms with E-state index in [1.807, 2.05) is 31.2 Å². The van der Waals surface area contributed by atoms with Crippen molar-refractivity contribution in [1.29, 1.82) is 0 Å². The van der Waals surface area contributed by atoms with Gasteiger partial charge in [-0.1, -0.05) is 60.2 Å². The second-order valence-corrected chi connectivity index (χ2v) is 5.99. The first-order valence-corrected chi connectivity index (χ1v) is 8.06. The first-order valence-electron chi connectivity index (χ1n) is 8.06. The maximum Gasteiger partial charge on any atom is 0.295 e. The van der Waals surface area contributed by atoms with E-state index in [-0.39, 0.29) is 24.5 Å². The van der Waals surface area contributed by atoms with Gasteiger partial charge in [-0.3, -0.25) is 9.59 Å². The van der Waals surface area contributed by atoms with Gasteiger partial charge in [0.2, 0.25) is 0 Å². The monoisotopic (exact) mass is 337 g/mol. The second-order valence-electron chi connectivity index (χ2n) is 5.99. The lowest BCUT2D eigenvalue weighted by Gasteiger charge is -2.24. The molecule has 128 valence electrons. The molecule has 1 aliphatic heterocycles. The quantitative estimate of drug-likeness (QED) is 0.510. The number of likely N-dealkylation sites (tertiary alicyclic amines) is 1. The van der Waals surface area contributed by atoms with Crippen LogP contribution in [0.5, 0.6) is 0 Å². The van der Waals surface area contributed by atoms with Crippen molar-refractivity contribution in [3.63, 3.8) is 0 Å². The Morgan fingerprint density at radius 1 is 1.04 bits per heavy atom. The Morgan fingerprint density at radius 2 is 1.68 bits per heavy atom. The van der Waals surface area contributed by atoms with Crippen molar-refractivity contribution in [2.75, 3.05) is 13.2 Å². The molecule has 1 saturated heterocycles. The van der Waals surface area contributed by atoms with Gasteiger partial charge in [0, 0.05) is 12.1 Å². The number of aliphatic hydroxyl groups excluding tert-OH is 2. The highest BCUT2D eigenvalue weighted by molar-refractivity contribution is 6.46. The molecule has 1 fully saturated rings. The van der Waals surface area contributed by atoms with E-state index < -0.39 is 17.7 Å². The number of hydrogen-bond acceptors (Lipinski definition) is 4. The molecular weight excluding hydrogens is 318 g/mol. The van der Waals surface area contributed by atoms with Crippen LogP contribution in [-0.2, 0) is 9.59 Å². The van der Waals surface area contributed by atoms with Crippen LogP contribution in [0.3, 0.4) is 0 Å². The van der Waals surface area contributed by atoms with Crippen molar-refractivity contribution < 1.29 is 19.8 Å². The Hall–Kier alpha value is -2.92. The predicted octanol–water partition coefficient (Wildman–Crippen LogP) is 2.41. The average Bonchev–Trinajstić information content (AvgIpc) is 2.88. The Morgan fingerprint density at radius 3 is 2.28 bits per heavy atom. The molecule has 5 heteroatoms. The summed E-state index contributed by atoms with van der Waals surface area (Å²) < 4.78 is 0. The van der Waals surface area contributed by atoms with Gasteiger partial charge in [-0.05, 0) is 12.5 Å². The van der Waals surface area contributed by atoms with Crippen molar-refractivity contribution in [3.8, 4) is 0 Å². The highest BCUT2D eigenvalue weighted by Crippen LogP contribution is 2.39. The van der Waals surface area contributed by atoms with Crippen LogP contribution < -0.4 is 0 Å². The maximum atomic E-state index is 12.6. The first-order chi connectivity index (χ1) is 12.0. The fourth-order valence-corrected chi connectivity index (χ4v) is 3.07. The number of carbonyl (C=O) groups excluding carboxylic acids is 2.